The van der Waals surface area contributed by atoms with Crippen molar-refractivity contribution < 1.29 is 9.59 Å². The maximum atomic E-state index is 13.5. The summed E-state index contributed by atoms with van der Waals surface area (Å²) in [7, 11) is 0. The van der Waals surface area contributed by atoms with Crippen LogP contribution in [-0.4, -0.2) is 11.8 Å². The Bertz CT molecular complexity index is 1250. The van der Waals surface area contributed by atoms with Gasteiger partial charge in [-0.2, -0.15) is 0 Å². The minimum Gasteiger partial charge on any atom is -0.350 e. The molecule has 1 heterocycles. The van der Waals surface area contributed by atoms with Gasteiger partial charge < -0.3 is 5.32 Å². The molecule has 3 aromatic rings. The highest BCUT2D eigenvalue weighted by atomic mass is 35.5. The lowest BCUT2D eigenvalue weighted by molar-refractivity contribution is -0.120. The quantitative estimate of drug-likeness (QED) is 0.473. The van der Waals surface area contributed by atoms with E-state index in [1.165, 1.54) is 4.90 Å². The Labute approximate surface area is 191 Å². The van der Waals surface area contributed by atoms with Crippen molar-refractivity contribution in [2.75, 3.05) is 10.2 Å². The van der Waals surface area contributed by atoms with E-state index in [-0.39, 0.29) is 5.70 Å². The molecule has 1 aliphatic heterocycles. The number of aryl methyl sites for hydroxylation is 2. The van der Waals surface area contributed by atoms with E-state index in [9.17, 15) is 9.59 Å². The van der Waals surface area contributed by atoms with Gasteiger partial charge >= 0.3 is 0 Å². The van der Waals surface area contributed by atoms with Gasteiger partial charge in [-0.3, -0.25) is 9.59 Å². The topological polar surface area (TPSA) is 49.4 Å². The molecule has 2 amide bonds. The number of hydrogen-bond acceptors (Lipinski definition) is 3. The molecule has 0 saturated carbocycles. The summed E-state index contributed by atoms with van der Waals surface area (Å²) in [6, 6.07) is 17.8. The fourth-order valence-corrected chi connectivity index (χ4v) is 3.81. The molecule has 0 unspecified atom stereocenters. The average molecular weight is 451 g/mol. The van der Waals surface area contributed by atoms with E-state index in [0.29, 0.717) is 32.6 Å². The van der Waals surface area contributed by atoms with Gasteiger partial charge in [0.05, 0.1) is 11.3 Å². The highest BCUT2D eigenvalue weighted by Crippen LogP contribution is 2.36. The van der Waals surface area contributed by atoms with Gasteiger partial charge in [-0.25, -0.2) is 4.90 Å². The molecule has 0 atom stereocenters. The van der Waals surface area contributed by atoms with Gasteiger partial charge in [-0.1, -0.05) is 47.5 Å². The van der Waals surface area contributed by atoms with E-state index in [2.05, 4.69) is 5.32 Å². The van der Waals surface area contributed by atoms with Crippen molar-refractivity contribution in [3.8, 4) is 0 Å². The van der Waals surface area contributed by atoms with E-state index >= 15 is 0 Å². The number of benzene rings is 3. The maximum Gasteiger partial charge on any atom is 0.282 e. The Hall–Kier alpha value is -3.08. The van der Waals surface area contributed by atoms with Crippen molar-refractivity contribution >= 4 is 52.0 Å². The summed E-state index contributed by atoms with van der Waals surface area (Å²) in [5, 5.41) is 4.28. The number of nitrogens with zero attached hydrogens (tertiary/aromatic N) is 1. The first-order valence-corrected chi connectivity index (χ1v) is 10.5. The predicted octanol–water partition coefficient (Wildman–Crippen LogP) is 6.32. The minimum absolute atomic E-state index is 0.216. The molecule has 0 aromatic heterocycles. The first kappa shape index (κ1) is 21.2. The molecule has 31 heavy (non-hydrogen) atoms. The third-order valence-corrected chi connectivity index (χ3v) is 6.15. The molecule has 4 rings (SSSR count). The van der Waals surface area contributed by atoms with E-state index in [1.54, 1.807) is 36.4 Å². The summed E-state index contributed by atoms with van der Waals surface area (Å²) in [6.07, 6.45) is 0. The number of imide groups is 1. The van der Waals surface area contributed by atoms with Crippen LogP contribution in [0.5, 0.6) is 0 Å². The van der Waals surface area contributed by atoms with Gasteiger partial charge in [-0.05, 0) is 79.4 Å². The van der Waals surface area contributed by atoms with Crippen LogP contribution < -0.4 is 10.2 Å². The van der Waals surface area contributed by atoms with Gasteiger partial charge in [0, 0.05) is 15.7 Å². The highest BCUT2D eigenvalue weighted by Gasteiger charge is 2.40. The first-order valence-electron chi connectivity index (χ1n) is 9.76. The minimum atomic E-state index is -0.431. The van der Waals surface area contributed by atoms with Gasteiger partial charge in [0.1, 0.15) is 5.70 Å². The lowest BCUT2D eigenvalue weighted by atomic mass is 9.99. The highest BCUT2D eigenvalue weighted by molar-refractivity contribution is 6.46. The summed E-state index contributed by atoms with van der Waals surface area (Å²) in [4.78, 5) is 28.1. The number of amides is 2. The number of carbonyl (C=O) groups is 2. The number of hydrogen-bond donors (Lipinski definition) is 1. The molecular formula is C25H20Cl2N2O2. The summed E-state index contributed by atoms with van der Waals surface area (Å²) < 4.78 is 0. The van der Waals surface area contributed by atoms with Crippen LogP contribution in [0, 0.1) is 20.8 Å². The third kappa shape index (κ3) is 3.85. The summed E-state index contributed by atoms with van der Waals surface area (Å²) in [6.45, 7) is 5.84. The molecular weight excluding hydrogens is 431 g/mol. The molecule has 0 fully saturated rings. The lowest BCUT2D eigenvalue weighted by Gasteiger charge is -2.16. The zero-order valence-electron chi connectivity index (χ0n) is 17.3. The van der Waals surface area contributed by atoms with E-state index in [4.69, 9.17) is 23.2 Å². The number of carbonyl (C=O) groups excluding carboxylic acids is 2. The normalized spacial score (nSPS) is 13.9. The Morgan fingerprint density at radius 1 is 0.806 bits per heavy atom. The SMILES string of the molecule is Cc1ccc(C2=C(Nc3cccc(Cl)c3C)C(=O)N(c3ccc(Cl)cc3)C2=O)cc1C. The molecule has 6 heteroatoms. The summed E-state index contributed by atoms with van der Waals surface area (Å²) in [5.74, 6) is -0.822. The maximum absolute atomic E-state index is 13.5. The third-order valence-electron chi connectivity index (χ3n) is 5.49. The van der Waals surface area contributed by atoms with Crippen LogP contribution in [0.3, 0.4) is 0 Å². The molecule has 0 saturated heterocycles. The second-order valence-corrected chi connectivity index (χ2v) is 8.35. The standard InChI is InChI=1S/C25H20Cl2N2O2/c1-14-7-8-17(13-15(14)2)22-23(28-21-6-4-5-20(27)16(21)3)25(31)29(24(22)30)19-11-9-18(26)10-12-19/h4-13,28H,1-3H3. The molecule has 1 aliphatic rings. The Kier molecular flexibility index (Phi) is 5.61. The van der Waals surface area contributed by atoms with Gasteiger partial charge in [0.15, 0.2) is 0 Å². The monoisotopic (exact) mass is 450 g/mol. The van der Waals surface area contributed by atoms with Crippen LogP contribution in [-0.2, 0) is 9.59 Å². The smallest absolute Gasteiger partial charge is 0.282 e. The number of anilines is 2. The van der Waals surface area contributed by atoms with Crippen molar-refractivity contribution in [2.24, 2.45) is 0 Å². The Morgan fingerprint density at radius 2 is 1.52 bits per heavy atom. The molecule has 0 aliphatic carbocycles. The molecule has 0 spiro atoms. The molecule has 156 valence electrons. The molecule has 3 aromatic carbocycles. The fraction of sp³-hybridized carbons (Fsp3) is 0.120. The summed E-state index contributed by atoms with van der Waals surface area (Å²) in [5.41, 5.74) is 5.28. The number of rotatable bonds is 4. The average Bonchev–Trinajstić information content (AvgIpc) is 2.98. The van der Waals surface area contributed by atoms with Crippen LogP contribution in [0.1, 0.15) is 22.3 Å². The van der Waals surface area contributed by atoms with Crippen molar-refractivity contribution in [1.82, 2.24) is 0 Å². The van der Waals surface area contributed by atoms with E-state index < -0.39 is 11.8 Å². The van der Waals surface area contributed by atoms with Crippen LogP contribution in [0.15, 0.2) is 66.4 Å². The van der Waals surface area contributed by atoms with Crippen molar-refractivity contribution in [1.29, 1.82) is 0 Å². The van der Waals surface area contributed by atoms with Gasteiger partial charge in [0.2, 0.25) is 0 Å². The van der Waals surface area contributed by atoms with Crippen molar-refractivity contribution in [3.63, 3.8) is 0 Å². The largest absolute Gasteiger partial charge is 0.350 e. The Morgan fingerprint density at radius 3 is 2.19 bits per heavy atom. The van der Waals surface area contributed by atoms with Gasteiger partial charge in [-0.15, -0.1) is 0 Å². The summed E-state index contributed by atoms with van der Waals surface area (Å²) >= 11 is 12.3. The fourth-order valence-electron chi connectivity index (χ4n) is 3.51. The molecule has 4 nitrogen and oxygen atoms in total. The molecule has 1 N–H and O–H groups in total. The molecule has 0 bridgehead atoms. The number of halogens is 2. The van der Waals surface area contributed by atoms with Crippen LogP contribution in [0.25, 0.3) is 5.57 Å². The van der Waals surface area contributed by atoms with Crippen LogP contribution >= 0.6 is 23.2 Å². The van der Waals surface area contributed by atoms with E-state index in [0.717, 1.165) is 16.7 Å². The van der Waals surface area contributed by atoms with Gasteiger partial charge in [0.25, 0.3) is 11.8 Å². The second kappa shape index (κ2) is 8.22. The zero-order chi connectivity index (χ0) is 22.3. The van der Waals surface area contributed by atoms with E-state index in [1.807, 2.05) is 45.0 Å². The van der Waals surface area contributed by atoms with Crippen molar-refractivity contribution in [2.45, 2.75) is 20.8 Å². The zero-order valence-corrected chi connectivity index (χ0v) is 18.8. The second-order valence-electron chi connectivity index (χ2n) is 7.51. The van der Waals surface area contributed by atoms with Crippen LogP contribution in [0.4, 0.5) is 11.4 Å². The van der Waals surface area contributed by atoms with Crippen molar-refractivity contribution in [3.05, 3.63) is 98.7 Å². The lowest BCUT2D eigenvalue weighted by Crippen LogP contribution is -2.32. The number of nitrogens with one attached hydrogen (secondary N) is 1. The molecule has 0 radical (unpaired) electrons. The predicted molar refractivity (Wildman–Crippen MR) is 127 cm³/mol. The first-order chi connectivity index (χ1) is 14.8. The van der Waals surface area contributed by atoms with Crippen LogP contribution in [0.2, 0.25) is 10.0 Å². The Balaban J connectivity index is 1.87.